The van der Waals surface area contributed by atoms with Crippen LogP contribution in [0.25, 0.3) is 0 Å². The molecule has 1 aromatic rings. The Hall–Kier alpha value is -1.09. The number of nitrogens with one attached hydrogen (secondary N) is 1. The number of nitrogens with two attached hydrogens (primary N) is 1. The molecule has 0 saturated carbocycles. The Morgan fingerprint density at radius 2 is 2.00 bits per heavy atom. The van der Waals surface area contributed by atoms with Crippen LogP contribution >= 0.6 is 0 Å². The van der Waals surface area contributed by atoms with Crippen LogP contribution < -0.4 is 11.1 Å². The lowest BCUT2D eigenvalue weighted by molar-refractivity contribution is 0.356. The molecule has 2 nitrogen and oxygen atoms in total. The van der Waals surface area contributed by atoms with Crippen molar-refractivity contribution in [3.05, 3.63) is 29.8 Å². The van der Waals surface area contributed by atoms with E-state index in [9.17, 15) is 4.39 Å². The van der Waals surface area contributed by atoms with Crippen LogP contribution in [-0.2, 0) is 0 Å². The van der Waals surface area contributed by atoms with E-state index in [0.29, 0.717) is 13.0 Å². The highest BCUT2D eigenvalue weighted by molar-refractivity contribution is 5.40. The van der Waals surface area contributed by atoms with Gasteiger partial charge in [-0.3, -0.25) is 0 Å². The van der Waals surface area contributed by atoms with Gasteiger partial charge in [-0.15, -0.1) is 0 Å². The van der Waals surface area contributed by atoms with Crippen LogP contribution in [0.5, 0.6) is 0 Å². The third-order valence-corrected chi connectivity index (χ3v) is 2.42. The first-order chi connectivity index (χ1) is 6.25. The second-order valence-electron chi connectivity index (χ2n) is 3.46. The smallest absolute Gasteiger partial charge is 0.114 e. The molecule has 1 aliphatic rings. The maximum absolute atomic E-state index is 12.9. The third kappa shape index (κ3) is 1.80. The highest BCUT2D eigenvalue weighted by atomic mass is 19.1. The molecule has 0 radical (unpaired) electrons. The molecule has 0 bridgehead atoms. The van der Waals surface area contributed by atoms with Gasteiger partial charge in [0, 0.05) is 18.3 Å². The number of alkyl halides is 1. The molecule has 1 fully saturated rings. The molecule has 13 heavy (non-hydrogen) atoms. The first-order valence-electron chi connectivity index (χ1n) is 4.48. The molecule has 0 amide bonds. The van der Waals surface area contributed by atoms with Gasteiger partial charge < -0.3 is 11.1 Å². The van der Waals surface area contributed by atoms with Crippen molar-refractivity contribution in [3.8, 4) is 0 Å². The molecule has 2 rings (SSSR count). The van der Waals surface area contributed by atoms with Gasteiger partial charge in [0.05, 0.1) is 0 Å². The average Bonchev–Trinajstić information content (AvgIpc) is 2.53. The zero-order chi connectivity index (χ0) is 9.26. The van der Waals surface area contributed by atoms with Crippen molar-refractivity contribution < 1.29 is 4.39 Å². The van der Waals surface area contributed by atoms with Crippen LogP contribution in [0.3, 0.4) is 0 Å². The van der Waals surface area contributed by atoms with E-state index in [-0.39, 0.29) is 6.04 Å². The number of benzene rings is 1. The fourth-order valence-electron chi connectivity index (χ4n) is 1.67. The van der Waals surface area contributed by atoms with Gasteiger partial charge in [0.1, 0.15) is 6.17 Å². The lowest BCUT2D eigenvalue weighted by atomic mass is 10.0. The highest BCUT2D eigenvalue weighted by Crippen LogP contribution is 2.25. The van der Waals surface area contributed by atoms with E-state index in [0.717, 1.165) is 11.3 Å². The summed E-state index contributed by atoms with van der Waals surface area (Å²) >= 11 is 0. The number of halogens is 1. The van der Waals surface area contributed by atoms with Crippen molar-refractivity contribution in [1.82, 2.24) is 5.32 Å². The molecule has 0 aliphatic carbocycles. The van der Waals surface area contributed by atoms with E-state index in [1.54, 1.807) is 0 Å². The van der Waals surface area contributed by atoms with Gasteiger partial charge in [0.15, 0.2) is 0 Å². The second-order valence-corrected chi connectivity index (χ2v) is 3.46. The van der Waals surface area contributed by atoms with E-state index < -0.39 is 6.17 Å². The topological polar surface area (TPSA) is 38.0 Å². The summed E-state index contributed by atoms with van der Waals surface area (Å²) in [6.07, 6.45) is -0.133. The third-order valence-electron chi connectivity index (χ3n) is 2.42. The number of rotatable bonds is 1. The Morgan fingerprint density at radius 3 is 2.54 bits per heavy atom. The van der Waals surface area contributed by atoms with Gasteiger partial charge in [0.2, 0.25) is 0 Å². The zero-order valence-corrected chi connectivity index (χ0v) is 7.33. The van der Waals surface area contributed by atoms with Crippen LogP contribution in [-0.4, -0.2) is 12.7 Å². The summed E-state index contributed by atoms with van der Waals surface area (Å²) in [5.74, 6) is 0. The largest absolute Gasteiger partial charge is 0.399 e. The standard InChI is InChI=1S/C10H13FN2/c11-8-5-10(13-6-8)7-1-3-9(12)4-2-7/h1-4,8,10,13H,5-6,12H2. The molecular formula is C10H13FN2. The Morgan fingerprint density at radius 1 is 1.31 bits per heavy atom. The minimum Gasteiger partial charge on any atom is -0.399 e. The fourth-order valence-corrected chi connectivity index (χ4v) is 1.67. The Balaban J connectivity index is 2.13. The monoisotopic (exact) mass is 180 g/mol. The van der Waals surface area contributed by atoms with Gasteiger partial charge in [-0.2, -0.15) is 0 Å². The fraction of sp³-hybridized carbons (Fsp3) is 0.400. The quantitative estimate of drug-likeness (QED) is 0.645. The maximum atomic E-state index is 12.9. The van der Waals surface area contributed by atoms with E-state index in [1.165, 1.54) is 0 Å². The average molecular weight is 180 g/mol. The lowest BCUT2D eigenvalue weighted by Gasteiger charge is -2.09. The van der Waals surface area contributed by atoms with Crippen molar-refractivity contribution in [2.24, 2.45) is 0 Å². The second kappa shape index (κ2) is 3.34. The Bertz CT molecular complexity index is 283. The zero-order valence-electron chi connectivity index (χ0n) is 7.33. The lowest BCUT2D eigenvalue weighted by Crippen LogP contribution is -2.13. The molecule has 0 spiro atoms. The predicted octanol–water partition coefficient (Wildman–Crippen LogP) is 1.64. The van der Waals surface area contributed by atoms with E-state index >= 15 is 0 Å². The van der Waals surface area contributed by atoms with Crippen LogP contribution in [0.1, 0.15) is 18.0 Å². The molecule has 0 aromatic heterocycles. The molecule has 2 unspecified atom stereocenters. The van der Waals surface area contributed by atoms with E-state index in [4.69, 9.17) is 5.73 Å². The van der Waals surface area contributed by atoms with Crippen molar-refractivity contribution in [3.63, 3.8) is 0 Å². The van der Waals surface area contributed by atoms with Crippen molar-refractivity contribution in [2.45, 2.75) is 18.6 Å². The van der Waals surface area contributed by atoms with Gasteiger partial charge in [-0.05, 0) is 24.1 Å². The number of hydrogen-bond acceptors (Lipinski definition) is 2. The minimum atomic E-state index is -0.706. The molecular weight excluding hydrogens is 167 g/mol. The van der Waals surface area contributed by atoms with Crippen molar-refractivity contribution in [2.75, 3.05) is 12.3 Å². The Labute approximate surface area is 76.9 Å². The van der Waals surface area contributed by atoms with Crippen molar-refractivity contribution in [1.29, 1.82) is 0 Å². The van der Waals surface area contributed by atoms with Crippen LogP contribution in [0, 0.1) is 0 Å². The molecule has 1 aliphatic heterocycles. The first kappa shape index (κ1) is 8.51. The molecule has 3 N–H and O–H groups in total. The van der Waals surface area contributed by atoms with Gasteiger partial charge in [-0.25, -0.2) is 4.39 Å². The number of hydrogen-bond donors (Lipinski definition) is 2. The number of anilines is 1. The molecule has 2 atom stereocenters. The molecule has 70 valence electrons. The molecule has 1 saturated heterocycles. The highest BCUT2D eigenvalue weighted by Gasteiger charge is 2.24. The predicted molar refractivity (Wildman–Crippen MR) is 51.1 cm³/mol. The van der Waals surface area contributed by atoms with E-state index in [1.807, 2.05) is 24.3 Å². The van der Waals surface area contributed by atoms with Crippen LogP contribution in [0.4, 0.5) is 10.1 Å². The van der Waals surface area contributed by atoms with Gasteiger partial charge in [0.25, 0.3) is 0 Å². The summed E-state index contributed by atoms with van der Waals surface area (Å²) in [5.41, 5.74) is 7.43. The summed E-state index contributed by atoms with van der Waals surface area (Å²) in [4.78, 5) is 0. The van der Waals surface area contributed by atoms with Gasteiger partial charge in [-0.1, -0.05) is 12.1 Å². The van der Waals surface area contributed by atoms with Crippen LogP contribution in [0.15, 0.2) is 24.3 Å². The summed E-state index contributed by atoms with van der Waals surface area (Å²) in [6, 6.07) is 7.76. The van der Waals surface area contributed by atoms with Crippen molar-refractivity contribution >= 4 is 5.69 Å². The Kier molecular flexibility index (Phi) is 2.19. The first-order valence-corrected chi connectivity index (χ1v) is 4.48. The number of nitrogen functional groups attached to an aromatic ring is 1. The molecule has 1 heterocycles. The van der Waals surface area contributed by atoms with Gasteiger partial charge >= 0.3 is 0 Å². The summed E-state index contributed by atoms with van der Waals surface area (Å²) < 4.78 is 12.9. The maximum Gasteiger partial charge on any atom is 0.114 e. The summed E-state index contributed by atoms with van der Waals surface area (Å²) in [7, 11) is 0. The molecule has 1 aromatic carbocycles. The summed E-state index contributed by atoms with van der Waals surface area (Å²) in [5, 5.41) is 3.13. The van der Waals surface area contributed by atoms with E-state index in [2.05, 4.69) is 5.32 Å². The van der Waals surface area contributed by atoms with Crippen LogP contribution in [0.2, 0.25) is 0 Å². The SMILES string of the molecule is Nc1ccc(C2CC(F)CN2)cc1. The molecule has 3 heteroatoms. The summed E-state index contributed by atoms with van der Waals surface area (Å²) in [6.45, 7) is 0.467. The minimum absolute atomic E-state index is 0.163. The normalized spacial score (nSPS) is 27.8.